The minimum absolute atomic E-state index is 0.0693. The van der Waals surface area contributed by atoms with Gasteiger partial charge in [-0.25, -0.2) is 29.3 Å². The van der Waals surface area contributed by atoms with Gasteiger partial charge in [0, 0.05) is 6.42 Å². The first-order chi connectivity index (χ1) is 17.0. The number of aliphatic hydroxyl groups is 2. The Hall–Kier alpha value is -2.02. The van der Waals surface area contributed by atoms with E-state index in [9.17, 15) is 10.2 Å². The van der Waals surface area contributed by atoms with E-state index >= 15 is 0 Å². The Balaban J connectivity index is 0.000000412. The van der Waals surface area contributed by atoms with Crippen LogP contribution in [0.4, 0.5) is 5.82 Å². The molecule has 1 unspecified atom stereocenters. The highest BCUT2D eigenvalue weighted by atomic mass is 32.3. The maximum Gasteiger partial charge on any atom is 0.394 e. The standard InChI is InChI=1S/C16H23N6O4S.2H2O4S/c1-27(9-3-2-8(4-9)26-18)5-10-12(23)13(24)16(25-10)22-7-21-11-14(17)19-6-20-15(11)22;2*1-5(2,3)4/h2-3,6-10,12-13,16,23-24H,4-5,18H2,1H3,(H2,17,19,20);2*(H2,1,2,3,4)/q+1;;/p-1/t8-,9-,10+,12+,13+,16+,27?;;/m0../s1. The molecule has 7 atom stereocenters. The smallest absolute Gasteiger partial charge is 0.394 e. The first kappa shape index (κ1) is 31.2. The Labute approximate surface area is 213 Å². The number of rotatable bonds is 5. The summed E-state index contributed by atoms with van der Waals surface area (Å²) in [6.07, 6.45) is 6.34. The van der Waals surface area contributed by atoms with Gasteiger partial charge in [-0.2, -0.15) is 8.42 Å². The number of hydrogen-bond acceptors (Lipinski definition) is 14. The van der Waals surface area contributed by atoms with Crippen LogP contribution in [-0.4, -0.2) is 106 Å². The fourth-order valence-electron chi connectivity index (χ4n) is 3.57. The van der Waals surface area contributed by atoms with Crippen molar-refractivity contribution in [1.82, 2.24) is 19.5 Å². The molecule has 0 amide bonds. The normalized spacial score (nSPS) is 28.3. The highest BCUT2D eigenvalue weighted by Crippen LogP contribution is 2.33. The molecule has 3 heterocycles. The summed E-state index contributed by atoms with van der Waals surface area (Å²) in [4.78, 5) is 17.2. The minimum atomic E-state index is -4.92. The number of fused-ring (bicyclic) bond motifs is 1. The quantitative estimate of drug-likeness (QED) is 0.0608. The number of imidazole rings is 1. The predicted molar refractivity (Wildman–Crippen MR) is 127 cm³/mol. The molecule has 21 heteroatoms. The van der Waals surface area contributed by atoms with E-state index in [1.807, 2.05) is 6.08 Å². The zero-order chi connectivity index (χ0) is 28.1. The molecule has 210 valence electrons. The summed E-state index contributed by atoms with van der Waals surface area (Å²) in [7, 11) is -9.66. The van der Waals surface area contributed by atoms with E-state index in [2.05, 4.69) is 27.3 Å². The molecule has 18 nitrogen and oxygen atoms in total. The summed E-state index contributed by atoms with van der Waals surface area (Å²) in [5.74, 6) is 6.12. The van der Waals surface area contributed by atoms with Crippen LogP contribution in [-0.2, 0) is 41.3 Å². The van der Waals surface area contributed by atoms with Gasteiger partial charge >= 0.3 is 10.4 Å². The van der Waals surface area contributed by atoms with Crippen molar-refractivity contribution in [3.05, 3.63) is 24.8 Å². The number of aliphatic hydroxyl groups excluding tert-OH is 2. The molecule has 0 spiro atoms. The Bertz CT molecular complexity index is 1240. The monoisotopic (exact) mass is 590 g/mol. The van der Waals surface area contributed by atoms with Gasteiger partial charge < -0.3 is 25.2 Å². The van der Waals surface area contributed by atoms with E-state index in [0.717, 1.165) is 6.42 Å². The second kappa shape index (κ2) is 12.7. The molecule has 1 fully saturated rings. The van der Waals surface area contributed by atoms with Crippen LogP contribution in [0.3, 0.4) is 0 Å². The molecular weight excluding hydrogens is 564 g/mol. The molecule has 37 heavy (non-hydrogen) atoms. The van der Waals surface area contributed by atoms with E-state index < -0.39 is 45.3 Å². The maximum absolute atomic E-state index is 10.5. The lowest BCUT2D eigenvalue weighted by atomic mass is 10.1. The molecule has 1 aliphatic heterocycles. The zero-order valence-electron chi connectivity index (χ0n) is 18.9. The molecule has 0 radical (unpaired) electrons. The molecule has 2 aromatic heterocycles. The lowest BCUT2D eigenvalue weighted by Gasteiger charge is -2.17. The van der Waals surface area contributed by atoms with Gasteiger partial charge in [0.05, 0.1) is 12.6 Å². The van der Waals surface area contributed by atoms with Crippen molar-refractivity contribution in [2.45, 2.75) is 42.3 Å². The van der Waals surface area contributed by atoms with Gasteiger partial charge in [-0.1, -0.05) is 6.08 Å². The SMILES string of the molecule is C[S+](C[C@H]1O[C@@H](n2cnc3c(N)ncnc32)[C@H](O)[C@@H]1O)[C@H]1C=C[C@H](ON)C1.O=S(=O)(O)O.O=S(=O)([O-])O. The third-order valence-electron chi connectivity index (χ3n) is 5.12. The first-order valence-electron chi connectivity index (χ1n) is 9.97. The molecule has 1 aliphatic carbocycles. The number of ether oxygens (including phenoxy) is 1. The topological polar surface area (TPSA) is 307 Å². The van der Waals surface area contributed by atoms with Gasteiger partial charge in [0.25, 0.3) is 0 Å². The molecule has 0 aromatic carbocycles. The second-order valence-corrected chi connectivity index (χ2v) is 11.8. The molecular formula is C16H26N6O12S3. The van der Waals surface area contributed by atoms with Crippen LogP contribution in [0.25, 0.3) is 11.2 Å². The minimum Gasteiger partial charge on any atom is -0.726 e. The summed E-state index contributed by atoms with van der Waals surface area (Å²) in [6.45, 7) is 0. The van der Waals surface area contributed by atoms with Crippen LogP contribution in [0.15, 0.2) is 24.8 Å². The number of hydrogen-bond donors (Lipinski definition) is 7. The summed E-state index contributed by atoms with van der Waals surface area (Å²) < 4.78 is 72.0. The number of nitrogen functional groups attached to an aromatic ring is 1. The fraction of sp³-hybridized carbons (Fsp3) is 0.562. The first-order valence-corrected chi connectivity index (χ1v) is 14.6. The van der Waals surface area contributed by atoms with Crippen LogP contribution in [0.2, 0.25) is 0 Å². The van der Waals surface area contributed by atoms with Gasteiger partial charge in [-0.05, 0) is 17.0 Å². The molecule has 2 aromatic rings. The average molecular weight is 591 g/mol. The van der Waals surface area contributed by atoms with Gasteiger partial charge in [0.2, 0.25) is 10.4 Å². The van der Waals surface area contributed by atoms with Crippen LogP contribution in [0.5, 0.6) is 0 Å². The van der Waals surface area contributed by atoms with Crippen LogP contribution >= 0.6 is 0 Å². The lowest BCUT2D eigenvalue weighted by Crippen LogP contribution is -2.37. The maximum atomic E-state index is 10.5. The van der Waals surface area contributed by atoms with Crippen LogP contribution in [0.1, 0.15) is 12.6 Å². The predicted octanol–water partition coefficient (Wildman–Crippen LogP) is -2.78. The van der Waals surface area contributed by atoms with Crippen molar-refractivity contribution in [3.8, 4) is 0 Å². The third-order valence-corrected chi connectivity index (χ3v) is 7.36. The van der Waals surface area contributed by atoms with Crippen molar-refractivity contribution in [1.29, 1.82) is 0 Å². The zero-order valence-corrected chi connectivity index (χ0v) is 21.4. The Morgan fingerprint density at radius 3 is 2.30 bits per heavy atom. The largest absolute Gasteiger partial charge is 0.726 e. The number of nitrogens with zero attached hydrogens (tertiary/aromatic N) is 4. The van der Waals surface area contributed by atoms with Crippen molar-refractivity contribution in [2.24, 2.45) is 5.90 Å². The van der Waals surface area contributed by atoms with Gasteiger partial charge in [-0.15, -0.1) is 0 Å². The third kappa shape index (κ3) is 9.66. The van der Waals surface area contributed by atoms with Crippen LogP contribution in [0, 0.1) is 0 Å². The molecule has 2 aliphatic rings. The highest BCUT2D eigenvalue weighted by molar-refractivity contribution is 7.97. The lowest BCUT2D eigenvalue weighted by molar-refractivity contribution is -0.0290. The van der Waals surface area contributed by atoms with E-state index in [0.29, 0.717) is 22.2 Å². The fourth-order valence-corrected chi connectivity index (χ4v) is 5.49. The van der Waals surface area contributed by atoms with E-state index in [1.165, 1.54) is 12.7 Å². The molecule has 0 bridgehead atoms. The Morgan fingerprint density at radius 1 is 1.16 bits per heavy atom. The van der Waals surface area contributed by atoms with E-state index in [4.69, 9.17) is 56.3 Å². The summed E-state index contributed by atoms with van der Waals surface area (Å²) in [5, 5.41) is 21.4. The summed E-state index contributed by atoms with van der Waals surface area (Å²) >= 11 is 0. The summed E-state index contributed by atoms with van der Waals surface area (Å²) in [6, 6.07) is 0. The van der Waals surface area contributed by atoms with Gasteiger partial charge in [-0.3, -0.25) is 23.1 Å². The van der Waals surface area contributed by atoms with Crippen molar-refractivity contribution < 1.29 is 54.8 Å². The van der Waals surface area contributed by atoms with Crippen LogP contribution < -0.4 is 11.6 Å². The molecule has 4 rings (SSSR count). The van der Waals surface area contributed by atoms with Crippen molar-refractivity contribution >= 4 is 48.7 Å². The number of aromatic nitrogens is 4. The molecule has 9 N–H and O–H groups in total. The van der Waals surface area contributed by atoms with Crippen molar-refractivity contribution in [2.75, 3.05) is 17.7 Å². The Kier molecular flexibility index (Phi) is 10.7. The van der Waals surface area contributed by atoms with E-state index in [1.54, 1.807) is 4.57 Å². The summed E-state index contributed by atoms with van der Waals surface area (Å²) in [5.41, 5.74) is 6.70. The molecule has 0 saturated carbocycles. The van der Waals surface area contributed by atoms with Gasteiger partial charge in [0.15, 0.2) is 17.7 Å². The number of nitrogens with two attached hydrogens (primary N) is 2. The van der Waals surface area contributed by atoms with Gasteiger partial charge in [0.1, 0.15) is 47.3 Å². The highest BCUT2D eigenvalue weighted by Gasteiger charge is 2.47. The molecule has 1 saturated heterocycles. The van der Waals surface area contributed by atoms with E-state index in [-0.39, 0.29) is 22.8 Å². The van der Waals surface area contributed by atoms with Crippen molar-refractivity contribution in [3.63, 3.8) is 0 Å². The second-order valence-electron chi connectivity index (χ2n) is 7.70. The average Bonchev–Trinajstić information content (AvgIpc) is 3.46. The Morgan fingerprint density at radius 2 is 1.76 bits per heavy atom. The number of anilines is 1.